The van der Waals surface area contributed by atoms with Crippen molar-refractivity contribution in [3.63, 3.8) is 0 Å². The first-order valence-electron chi connectivity index (χ1n) is 6.51. The third kappa shape index (κ3) is 3.72. The average molecular weight is 227 g/mol. The summed E-state index contributed by atoms with van der Waals surface area (Å²) < 4.78 is 0. The van der Waals surface area contributed by atoms with Gasteiger partial charge in [0.25, 0.3) is 0 Å². The number of piperazine rings is 1. The van der Waals surface area contributed by atoms with Crippen LogP contribution in [0.2, 0.25) is 0 Å². The number of hydrogen-bond donors (Lipinski definition) is 1. The fourth-order valence-corrected chi connectivity index (χ4v) is 2.19. The Morgan fingerprint density at radius 2 is 1.81 bits per heavy atom. The first-order chi connectivity index (χ1) is 7.33. The molecule has 1 unspecified atom stereocenters. The van der Waals surface area contributed by atoms with Crippen LogP contribution in [0.4, 0.5) is 0 Å². The number of likely N-dealkylation sites (N-methyl/N-ethyl adjacent to an activating group) is 1. The molecule has 0 aliphatic carbocycles. The van der Waals surface area contributed by atoms with E-state index in [0.717, 1.165) is 6.54 Å². The van der Waals surface area contributed by atoms with Gasteiger partial charge >= 0.3 is 0 Å². The molecule has 0 spiro atoms. The molecule has 1 fully saturated rings. The quantitative estimate of drug-likeness (QED) is 0.783. The molecule has 0 aromatic carbocycles. The van der Waals surface area contributed by atoms with Crippen molar-refractivity contribution in [2.24, 2.45) is 0 Å². The van der Waals surface area contributed by atoms with Gasteiger partial charge in [0.05, 0.1) is 0 Å². The average Bonchev–Trinajstić information content (AvgIpc) is 2.18. The highest BCUT2D eigenvalue weighted by molar-refractivity contribution is 4.90. The second kappa shape index (κ2) is 5.48. The second-order valence-corrected chi connectivity index (χ2v) is 6.12. The molecule has 1 aliphatic heterocycles. The Kier molecular flexibility index (Phi) is 4.77. The maximum absolute atomic E-state index is 3.53. The van der Waals surface area contributed by atoms with Crippen molar-refractivity contribution in [3.8, 4) is 0 Å². The summed E-state index contributed by atoms with van der Waals surface area (Å²) in [5.74, 6) is 0. The van der Waals surface area contributed by atoms with Gasteiger partial charge in [-0.2, -0.15) is 0 Å². The first-order valence-corrected chi connectivity index (χ1v) is 6.51. The second-order valence-electron chi connectivity index (χ2n) is 6.12. The Morgan fingerprint density at radius 3 is 2.31 bits per heavy atom. The van der Waals surface area contributed by atoms with Crippen LogP contribution in [0.15, 0.2) is 0 Å². The van der Waals surface area contributed by atoms with Gasteiger partial charge in [-0.15, -0.1) is 0 Å². The van der Waals surface area contributed by atoms with Crippen LogP contribution in [0.25, 0.3) is 0 Å². The van der Waals surface area contributed by atoms with Crippen LogP contribution >= 0.6 is 0 Å². The lowest BCUT2D eigenvalue weighted by Gasteiger charge is -2.47. The first kappa shape index (κ1) is 13.9. The van der Waals surface area contributed by atoms with E-state index in [1.54, 1.807) is 0 Å². The van der Waals surface area contributed by atoms with Gasteiger partial charge in [-0.1, -0.05) is 13.8 Å². The summed E-state index contributed by atoms with van der Waals surface area (Å²) in [6.07, 6.45) is 0. The van der Waals surface area contributed by atoms with E-state index in [2.05, 4.69) is 56.8 Å². The Labute approximate surface area is 101 Å². The van der Waals surface area contributed by atoms with Crippen molar-refractivity contribution in [2.45, 2.75) is 52.2 Å². The van der Waals surface area contributed by atoms with Gasteiger partial charge in [0.1, 0.15) is 0 Å². The molecular weight excluding hydrogens is 198 g/mol. The summed E-state index contributed by atoms with van der Waals surface area (Å²) in [6.45, 7) is 16.1. The lowest BCUT2D eigenvalue weighted by molar-refractivity contribution is 0.0204. The van der Waals surface area contributed by atoms with Gasteiger partial charge in [0.15, 0.2) is 0 Å². The Bertz CT molecular complexity index is 213. The molecule has 3 heteroatoms. The highest BCUT2D eigenvalue weighted by Crippen LogP contribution is 2.20. The van der Waals surface area contributed by atoms with E-state index in [4.69, 9.17) is 0 Å². The number of hydrogen-bond acceptors (Lipinski definition) is 3. The van der Waals surface area contributed by atoms with Gasteiger partial charge in [0.2, 0.25) is 0 Å². The molecule has 0 radical (unpaired) electrons. The Hall–Kier alpha value is -0.120. The van der Waals surface area contributed by atoms with E-state index in [1.165, 1.54) is 19.6 Å². The minimum atomic E-state index is 0.310. The van der Waals surface area contributed by atoms with Crippen LogP contribution in [0.5, 0.6) is 0 Å². The lowest BCUT2D eigenvalue weighted by atomic mass is 9.98. The smallest absolute Gasteiger partial charge is 0.0277 e. The largest absolute Gasteiger partial charge is 0.313 e. The van der Waals surface area contributed by atoms with Gasteiger partial charge in [-0.05, 0) is 27.8 Å². The minimum absolute atomic E-state index is 0.310. The maximum Gasteiger partial charge on any atom is 0.0277 e. The van der Waals surface area contributed by atoms with E-state index in [1.807, 2.05) is 0 Å². The molecule has 1 aliphatic rings. The molecule has 0 bridgehead atoms. The van der Waals surface area contributed by atoms with Crippen molar-refractivity contribution < 1.29 is 0 Å². The molecule has 0 amide bonds. The zero-order chi connectivity index (χ0) is 12.3. The summed E-state index contributed by atoms with van der Waals surface area (Å²) in [7, 11) is 2.23. The monoisotopic (exact) mass is 227 g/mol. The minimum Gasteiger partial charge on any atom is -0.313 e. The molecule has 0 saturated carbocycles. The van der Waals surface area contributed by atoms with E-state index in [9.17, 15) is 0 Å². The highest BCUT2D eigenvalue weighted by atomic mass is 15.3. The standard InChI is InChI=1S/C13H29N3/c1-11(2)14-9-12(3)16-8-7-15(6)13(4,5)10-16/h11-12,14H,7-10H2,1-6H3. The molecule has 0 aromatic heterocycles. The van der Waals surface area contributed by atoms with E-state index < -0.39 is 0 Å². The SMILES string of the molecule is CC(C)NCC(C)N1CCN(C)C(C)(C)C1. The van der Waals surface area contributed by atoms with Crippen LogP contribution in [-0.2, 0) is 0 Å². The fraction of sp³-hybridized carbons (Fsp3) is 1.00. The van der Waals surface area contributed by atoms with Crippen molar-refractivity contribution in [2.75, 3.05) is 33.2 Å². The molecule has 1 heterocycles. The van der Waals surface area contributed by atoms with Gasteiger partial charge in [0, 0.05) is 43.8 Å². The summed E-state index contributed by atoms with van der Waals surface area (Å²) in [5.41, 5.74) is 0.310. The highest BCUT2D eigenvalue weighted by Gasteiger charge is 2.32. The molecule has 1 atom stereocenters. The van der Waals surface area contributed by atoms with Crippen molar-refractivity contribution >= 4 is 0 Å². The lowest BCUT2D eigenvalue weighted by Crippen LogP contribution is -2.60. The van der Waals surface area contributed by atoms with Crippen LogP contribution in [0, 0.1) is 0 Å². The predicted molar refractivity (Wildman–Crippen MR) is 70.9 cm³/mol. The molecule has 1 rings (SSSR count). The molecule has 1 saturated heterocycles. The summed E-state index contributed by atoms with van der Waals surface area (Å²) in [5, 5.41) is 3.53. The zero-order valence-electron chi connectivity index (χ0n) is 11.9. The van der Waals surface area contributed by atoms with E-state index in [0.29, 0.717) is 17.6 Å². The normalized spacial score (nSPS) is 24.9. The maximum atomic E-state index is 3.53. The Morgan fingerprint density at radius 1 is 1.19 bits per heavy atom. The summed E-state index contributed by atoms with van der Waals surface area (Å²) in [4.78, 5) is 5.07. The molecule has 3 nitrogen and oxygen atoms in total. The van der Waals surface area contributed by atoms with Crippen LogP contribution in [-0.4, -0.2) is 60.6 Å². The third-order valence-corrected chi connectivity index (χ3v) is 3.79. The summed E-state index contributed by atoms with van der Waals surface area (Å²) >= 11 is 0. The van der Waals surface area contributed by atoms with Crippen LogP contribution in [0.1, 0.15) is 34.6 Å². The van der Waals surface area contributed by atoms with Gasteiger partial charge in [-0.3, -0.25) is 9.80 Å². The number of nitrogens with one attached hydrogen (secondary N) is 1. The Balaban J connectivity index is 2.43. The van der Waals surface area contributed by atoms with E-state index in [-0.39, 0.29) is 0 Å². The molecule has 16 heavy (non-hydrogen) atoms. The van der Waals surface area contributed by atoms with Crippen LogP contribution < -0.4 is 5.32 Å². The summed E-state index contributed by atoms with van der Waals surface area (Å²) in [6, 6.07) is 1.22. The molecule has 96 valence electrons. The van der Waals surface area contributed by atoms with Gasteiger partial charge < -0.3 is 5.32 Å². The number of rotatable bonds is 4. The zero-order valence-corrected chi connectivity index (χ0v) is 11.9. The topological polar surface area (TPSA) is 18.5 Å². The predicted octanol–water partition coefficient (Wildman–Crippen LogP) is 1.40. The third-order valence-electron chi connectivity index (χ3n) is 3.79. The van der Waals surface area contributed by atoms with Crippen molar-refractivity contribution in [1.29, 1.82) is 0 Å². The molecule has 1 N–H and O–H groups in total. The van der Waals surface area contributed by atoms with Crippen LogP contribution in [0.3, 0.4) is 0 Å². The number of nitrogens with zero attached hydrogens (tertiary/aromatic N) is 2. The molecular formula is C13H29N3. The molecule has 0 aromatic rings. The van der Waals surface area contributed by atoms with E-state index >= 15 is 0 Å². The van der Waals surface area contributed by atoms with Crippen molar-refractivity contribution in [3.05, 3.63) is 0 Å². The van der Waals surface area contributed by atoms with Crippen molar-refractivity contribution in [1.82, 2.24) is 15.1 Å². The fourth-order valence-electron chi connectivity index (χ4n) is 2.19. The van der Waals surface area contributed by atoms with Gasteiger partial charge in [-0.25, -0.2) is 0 Å².